The van der Waals surface area contributed by atoms with Crippen LogP contribution in [-0.2, 0) is 14.3 Å². The third-order valence-corrected chi connectivity index (χ3v) is 9.38. The first-order valence-corrected chi connectivity index (χ1v) is 14.0. The zero-order valence-corrected chi connectivity index (χ0v) is 23.8. The van der Waals surface area contributed by atoms with Crippen LogP contribution >= 0.6 is 0 Å². The van der Waals surface area contributed by atoms with Gasteiger partial charge in [0.1, 0.15) is 11.9 Å². The number of nitrogens with zero attached hydrogens (tertiary/aromatic N) is 1. The molecular formula is C31H47NO5. The monoisotopic (exact) mass is 513 g/mol. The summed E-state index contributed by atoms with van der Waals surface area (Å²) in [6.45, 7) is 13.3. The second-order valence-electron chi connectivity index (χ2n) is 12.7. The molecule has 0 radical (unpaired) electrons. The number of aliphatic hydroxyl groups is 2. The first-order valence-electron chi connectivity index (χ1n) is 14.0. The van der Waals surface area contributed by atoms with E-state index in [2.05, 4.69) is 11.9 Å². The molecule has 0 unspecified atom stereocenters. The van der Waals surface area contributed by atoms with E-state index in [9.17, 15) is 19.8 Å². The summed E-state index contributed by atoms with van der Waals surface area (Å²) in [5.74, 6) is -0.974. The molecule has 3 rings (SSSR count). The van der Waals surface area contributed by atoms with Gasteiger partial charge in [-0.1, -0.05) is 47.1 Å². The molecule has 1 aliphatic heterocycles. The fraction of sp³-hybridized carbons (Fsp3) is 0.710. The molecule has 1 saturated heterocycles. The number of ether oxygens (including phenoxy) is 1. The van der Waals surface area contributed by atoms with Crippen molar-refractivity contribution in [3.05, 3.63) is 35.2 Å². The highest BCUT2D eigenvalue weighted by atomic mass is 16.5. The number of carbonyl (C=O) groups excluding carboxylic acids is 2. The minimum Gasteiger partial charge on any atom is -0.458 e. The Hall–Kier alpha value is -2.05. The standard InChI is InChI=1S/C31H47NO5/c1-19-10-11-24(32-18-19)15-21(3)25-16-23-12-14-31(23,7)13-8-9-20(2)28(35)22(4)29(36)30(5,6)26(33)17-27(34)37-25/h10-11,15,18,20,22-23,25-26,28,33,35H,8-9,12-14,16-17H2,1-7H3/b21-15+/t20-,22+,23-,25-,26-,28-,31-/m0/s1. The highest BCUT2D eigenvalue weighted by Gasteiger charge is 2.45. The van der Waals surface area contributed by atoms with Gasteiger partial charge in [-0.05, 0) is 86.5 Å². The minimum atomic E-state index is -1.21. The lowest BCUT2D eigenvalue weighted by atomic mass is 9.57. The Labute approximate surface area is 222 Å². The van der Waals surface area contributed by atoms with E-state index in [1.54, 1.807) is 20.8 Å². The number of aryl methyl sites for hydroxylation is 1. The molecule has 1 aliphatic carbocycles. The van der Waals surface area contributed by atoms with Crippen LogP contribution in [0.1, 0.15) is 97.7 Å². The van der Waals surface area contributed by atoms with Gasteiger partial charge in [0.15, 0.2) is 0 Å². The zero-order valence-electron chi connectivity index (χ0n) is 23.8. The molecule has 1 saturated carbocycles. The van der Waals surface area contributed by atoms with Crippen LogP contribution in [-0.4, -0.2) is 45.3 Å². The van der Waals surface area contributed by atoms with Crippen molar-refractivity contribution in [1.29, 1.82) is 0 Å². The Morgan fingerprint density at radius 3 is 2.41 bits per heavy atom. The number of carbonyl (C=O) groups is 2. The van der Waals surface area contributed by atoms with Crippen LogP contribution in [0.4, 0.5) is 0 Å². The molecule has 6 heteroatoms. The average molecular weight is 514 g/mol. The number of Topliss-reactive ketones (excluding diaryl/α,β-unsaturated/α-hetero) is 1. The smallest absolute Gasteiger partial charge is 0.309 e. The molecule has 6 nitrogen and oxygen atoms in total. The number of fused-ring (bicyclic) bond motifs is 1. The molecule has 0 amide bonds. The number of hydrogen-bond donors (Lipinski definition) is 2. The van der Waals surface area contributed by atoms with E-state index in [4.69, 9.17) is 4.74 Å². The first-order chi connectivity index (χ1) is 17.2. The van der Waals surface area contributed by atoms with E-state index in [1.165, 1.54) is 0 Å². The summed E-state index contributed by atoms with van der Waals surface area (Å²) in [6.07, 6.45) is 6.95. The number of rotatable bonds is 2. The second kappa shape index (κ2) is 11.8. The predicted molar refractivity (Wildman–Crippen MR) is 146 cm³/mol. The summed E-state index contributed by atoms with van der Waals surface area (Å²) in [7, 11) is 0. The molecule has 0 aromatic carbocycles. The SMILES string of the molecule is C/C(=C\c1ccc(C)cn1)[C@@H]1C[C@@H]2CC[C@]2(C)CCC[C@H](C)[C@H](O)[C@@H](C)C(=O)C(C)(C)[C@@H](O)CC(=O)O1. The van der Waals surface area contributed by atoms with Crippen molar-refractivity contribution in [3.63, 3.8) is 0 Å². The Morgan fingerprint density at radius 1 is 1.11 bits per heavy atom. The van der Waals surface area contributed by atoms with Crippen molar-refractivity contribution in [1.82, 2.24) is 4.98 Å². The zero-order chi connectivity index (χ0) is 27.5. The number of hydrogen-bond acceptors (Lipinski definition) is 6. The van der Waals surface area contributed by atoms with Crippen molar-refractivity contribution < 1.29 is 24.5 Å². The molecule has 2 aliphatic rings. The van der Waals surface area contributed by atoms with Crippen LogP contribution in [0, 0.1) is 35.5 Å². The molecule has 37 heavy (non-hydrogen) atoms. The van der Waals surface area contributed by atoms with Gasteiger partial charge in [0.25, 0.3) is 0 Å². The summed E-state index contributed by atoms with van der Waals surface area (Å²) < 4.78 is 6.01. The highest BCUT2D eigenvalue weighted by molar-refractivity contribution is 5.88. The van der Waals surface area contributed by atoms with E-state index < -0.39 is 35.6 Å². The Morgan fingerprint density at radius 2 is 1.81 bits per heavy atom. The number of aliphatic hydroxyl groups excluding tert-OH is 2. The van der Waals surface area contributed by atoms with Crippen LogP contribution in [0.3, 0.4) is 0 Å². The number of ketones is 1. The summed E-state index contributed by atoms with van der Waals surface area (Å²) in [5.41, 5.74) is 1.80. The van der Waals surface area contributed by atoms with E-state index >= 15 is 0 Å². The third kappa shape index (κ3) is 6.88. The van der Waals surface area contributed by atoms with Gasteiger partial charge in [0, 0.05) is 12.1 Å². The molecule has 7 atom stereocenters. The van der Waals surface area contributed by atoms with Crippen molar-refractivity contribution in [2.75, 3.05) is 0 Å². The fourth-order valence-corrected chi connectivity index (χ4v) is 6.07. The average Bonchev–Trinajstić information content (AvgIpc) is 2.84. The van der Waals surface area contributed by atoms with Crippen molar-refractivity contribution in [2.24, 2.45) is 28.6 Å². The van der Waals surface area contributed by atoms with Gasteiger partial charge in [-0.15, -0.1) is 0 Å². The van der Waals surface area contributed by atoms with Gasteiger partial charge in [-0.25, -0.2) is 0 Å². The molecule has 2 N–H and O–H groups in total. The molecule has 2 heterocycles. The van der Waals surface area contributed by atoms with Gasteiger partial charge in [0.2, 0.25) is 0 Å². The largest absolute Gasteiger partial charge is 0.458 e. The third-order valence-electron chi connectivity index (χ3n) is 9.38. The maximum Gasteiger partial charge on any atom is 0.309 e. The summed E-state index contributed by atoms with van der Waals surface area (Å²) >= 11 is 0. The Balaban J connectivity index is 1.89. The van der Waals surface area contributed by atoms with E-state index in [0.717, 1.165) is 55.4 Å². The van der Waals surface area contributed by atoms with Crippen molar-refractivity contribution in [2.45, 2.75) is 112 Å². The number of aromatic nitrogens is 1. The van der Waals surface area contributed by atoms with E-state index in [0.29, 0.717) is 5.92 Å². The Bertz CT molecular complexity index is 984. The maximum absolute atomic E-state index is 13.3. The quantitative estimate of drug-likeness (QED) is 0.494. The van der Waals surface area contributed by atoms with E-state index in [-0.39, 0.29) is 23.5 Å². The lowest BCUT2D eigenvalue weighted by molar-refractivity contribution is -0.156. The fourth-order valence-electron chi connectivity index (χ4n) is 6.07. The number of pyridine rings is 1. The van der Waals surface area contributed by atoms with Gasteiger partial charge < -0.3 is 14.9 Å². The Kier molecular flexibility index (Phi) is 9.39. The van der Waals surface area contributed by atoms with Gasteiger partial charge in [-0.2, -0.15) is 0 Å². The van der Waals surface area contributed by atoms with Gasteiger partial charge in [-0.3, -0.25) is 14.6 Å². The lowest BCUT2D eigenvalue weighted by Crippen LogP contribution is -2.46. The molecule has 206 valence electrons. The first kappa shape index (κ1) is 29.5. The van der Waals surface area contributed by atoms with Gasteiger partial charge in [0.05, 0.1) is 29.7 Å². The molecule has 0 spiro atoms. The molecule has 0 bridgehead atoms. The molecule has 1 aromatic rings. The predicted octanol–water partition coefficient (Wildman–Crippen LogP) is 5.67. The highest BCUT2D eigenvalue weighted by Crippen LogP contribution is 2.53. The van der Waals surface area contributed by atoms with Crippen LogP contribution < -0.4 is 0 Å². The van der Waals surface area contributed by atoms with Crippen LogP contribution in [0.2, 0.25) is 0 Å². The molecular weight excluding hydrogens is 466 g/mol. The van der Waals surface area contributed by atoms with Crippen molar-refractivity contribution >= 4 is 17.8 Å². The summed E-state index contributed by atoms with van der Waals surface area (Å²) in [5, 5.41) is 21.9. The number of cyclic esters (lactones) is 1. The number of esters is 1. The maximum atomic E-state index is 13.3. The van der Waals surface area contributed by atoms with Gasteiger partial charge >= 0.3 is 5.97 Å². The normalized spacial score (nSPS) is 36.3. The van der Waals surface area contributed by atoms with Crippen LogP contribution in [0.15, 0.2) is 23.9 Å². The molecule has 2 fully saturated rings. The van der Waals surface area contributed by atoms with Crippen LogP contribution in [0.25, 0.3) is 6.08 Å². The topological polar surface area (TPSA) is 96.7 Å². The summed E-state index contributed by atoms with van der Waals surface area (Å²) in [6, 6.07) is 3.97. The summed E-state index contributed by atoms with van der Waals surface area (Å²) in [4.78, 5) is 30.9. The van der Waals surface area contributed by atoms with E-state index in [1.807, 2.05) is 45.2 Å². The van der Waals surface area contributed by atoms with Crippen molar-refractivity contribution in [3.8, 4) is 0 Å². The van der Waals surface area contributed by atoms with Crippen LogP contribution in [0.5, 0.6) is 0 Å². The second-order valence-corrected chi connectivity index (χ2v) is 12.7. The minimum absolute atomic E-state index is 0.0215. The molecule has 1 aromatic heterocycles. The lowest BCUT2D eigenvalue weighted by Gasteiger charge is -2.49.